The van der Waals surface area contributed by atoms with E-state index in [9.17, 15) is 18.0 Å². The largest absolute Gasteiger partial charge is 0.416 e. The summed E-state index contributed by atoms with van der Waals surface area (Å²) in [6.45, 7) is 7.28. The number of urea groups is 1. The number of anilines is 1. The minimum atomic E-state index is -4.38. The number of aryl methyl sites for hydroxylation is 2. The summed E-state index contributed by atoms with van der Waals surface area (Å²) in [5.74, 6) is 0. The zero-order valence-electron chi connectivity index (χ0n) is 19.2. The van der Waals surface area contributed by atoms with Gasteiger partial charge in [0, 0.05) is 30.7 Å². The van der Waals surface area contributed by atoms with E-state index in [1.54, 1.807) is 11.0 Å². The Morgan fingerprint density at radius 1 is 1.06 bits per heavy atom. The third kappa shape index (κ3) is 6.63. The van der Waals surface area contributed by atoms with Crippen LogP contribution in [-0.4, -0.2) is 22.0 Å². The molecule has 3 rings (SSSR count). The van der Waals surface area contributed by atoms with Crippen molar-refractivity contribution in [3.63, 3.8) is 0 Å². The zero-order valence-corrected chi connectivity index (χ0v) is 19.2. The van der Waals surface area contributed by atoms with Crippen LogP contribution in [0.4, 0.5) is 23.7 Å². The summed E-state index contributed by atoms with van der Waals surface area (Å²) in [5.41, 5.74) is 3.64. The fraction of sp³-hybridized carbons (Fsp3) is 0.346. The number of halogens is 3. The van der Waals surface area contributed by atoms with Crippen molar-refractivity contribution in [2.45, 2.75) is 52.9 Å². The first-order valence-corrected chi connectivity index (χ1v) is 11.1. The molecule has 0 fully saturated rings. The van der Waals surface area contributed by atoms with Crippen LogP contribution in [0, 0.1) is 13.8 Å². The Kier molecular flexibility index (Phi) is 7.84. The maximum Gasteiger partial charge on any atom is 0.416 e. The number of carbonyl (C=O) groups is 1. The normalized spacial score (nSPS) is 11.5. The number of unbranched alkanes of at least 4 members (excludes halogenated alkanes) is 1. The Morgan fingerprint density at radius 3 is 2.55 bits per heavy atom. The van der Waals surface area contributed by atoms with Gasteiger partial charge in [0.2, 0.25) is 0 Å². The minimum absolute atomic E-state index is 0.192. The molecule has 0 aliphatic carbocycles. The third-order valence-corrected chi connectivity index (χ3v) is 5.58. The van der Waals surface area contributed by atoms with Crippen LogP contribution < -0.4 is 5.32 Å². The number of hydrogen-bond acceptors (Lipinski definition) is 1. The SMILES string of the molecule is CCCCN(Cc1cccn1Cc1cccc(C(F)(F)F)c1)C(=O)Nc1ccc(C)cc1C. The van der Waals surface area contributed by atoms with Crippen molar-refractivity contribution in [1.29, 1.82) is 0 Å². The Bertz CT molecular complexity index is 1090. The van der Waals surface area contributed by atoms with Crippen molar-refractivity contribution in [3.05, 3.63) is 88.7 Å². The number of hydrogen-bond donors (Lipinski definition) is 1. The molecule has 7 heteroatoms. The second-order valence-corrected chi connectivity index (χ2v) is 8.35. The van der Waals surface area contributed by atoms with Gasteiger partial charge in [0.05, 0.1) is 12.1 Å². The number of amides is 2. The smallest absolute Gasteiger partial charge is 0.345 e. The van der Waals surface area contributed by atoms with E-state index in [1.165, 1.54) is 12.1 Å². The number of aromatic nitrogens is 1. The van der Waals surface area contributed by atoms with Gasteiger partial charge in [0.15, 0.2) is 0 Å². The molecule has 1 N–H and O–H groups in total. The quantitative estimate of drug-likeness (QED) is 0.388. The van der Waals surface area contributed by atoms with E-state index in [0.29, 0.717) is 25.2 Å². The molecule has 1 aromatic heterocycles. The average molecular weight is 458 g/mol. The number of carbonyl (C=O) groups excluding carboxylic acids is 1. The standard InChI is InChI=1S/C26H30F3N3O/c1-4-5-13-32(25(33)30-24-12-11-19(2)15-20(24)3)18-23-10-7-14-31(23)17-21-8-6-9-22(16-21)26(27,28)29/h6-12,14-16H,4-5,13,17-18H2,1-3H3,(H,30,33). The van der Waals surface area contributed by atoms with Gasteiger partial charge < -0.3 is 14.8 Å². The Morgan fingerprint density at radius 2 is 1.85 bits per heavy atom. The first kappa shape index (κ1) is 24.4. The number of rotatable bonds is 8. The molecule has 0 atom stereocenters. The number of nitrogens with zero attached hydrogens (tertiary/aromatic N) is 2. The molecule has 0 saturated carbocycles. The van der Waals surface area contributed by atoms with Crippen LogP contribution in [0.15, 0.2) is 60.8 Å². The molecule has 2 aromatic carbocycles. The van der Waals surface area contributed by atoms with Crippen molar-refractivity contribution < 1.29 is 18.0 Å². The summed E-state index contributed by atoms with van der Waals surface area (Å²) in [7, 11) is 0. The topological polar surface area (TPSA) is 37.3 Å². The second kappa shape index (κ2) is 10.6. The molecule has 0 bridgehead atoms. The maximum atomic E-state index is 13.1. The highest BCUT2D eigenvalue weighted by Crippen LogP contribution is 2.29. The average Bonchev–Trinajstić information content (AvgIpc) is 3.19. The number of nitrogens with one attached hydrogen (secondary N) is 1. The van der Waals surface area contributed by atoms with Gasteiger partial charge in [-0.25, -0.2) is 4.79 Å². The Balaban J connectivity index is 1.76. The predicted molar refractivity (Wildman–Crippen MR) is 125 cm³/mol. The van der Waals surface area contributed by atoms with Gasteiger partial charge in [-0.1, -0.05) is 43.2 Å². The molecule has 0 saturated heterocycles. The first-order valence-electron chi connectivity index (χ1n) is 11.1. The highest BCUT2D eigenvalue weighted by atomic mass is 19.4. The number of alkyl halides is 3. The highest BCUT2D eigenvalue weighted by Gasteiger charge is 2.30. The van der Waals surface area contributed by atoms with Crippen LogP contribution in [0.5, 0.6) is 0 Å². The van der Waals surface area contributed by atoms with Gasteiger partial charge in [-0.2, -0.15) is 13.2 Å². The van der Waals surface area contributed by atoms with E-state index in [1.807, 2.05) is 54.9 Å². The molecule has 4 nitrogen and oxygen atoms in total. The highest BCUT2D eigenvalue weighted by molar-refractivity contribution is 5.90. The van der Waals surface area contributed by atoms with Crippen LogP contribution >= 0.6 is 0 Å². The first-order chi connectivity index (χ1) is 15.7. The lowest BCUT2D eigenvalue weighted by molar-refractivity contribution is -0.137. The van der Waals surface area contributed by atoms with Crippen LogP contribution in [0.25, 0.3) is 0 Å². The summed E-state index contributed by atoms with van der Waals surface area (Å²) < 4.78 is 41.1. The molecule has 3 aromatic rings. The van der Waals surface area contributed by atoms with E-state index in [0.717, 1.165) is 41.4 Å². The van der Waals surface area contributed by atoms with Crippen LogP contribution in [0.1, 0.15) is 47.7 Å². The second-order valence-electron chi connectivity index (χ2n) is 8.35. The van der Waals surface area contributed by atoms with Crippen molar-refractivity contribution in [2.24, 2.45) is 0 Å². The summed E-state index contributed by atoms with van der Waals surface area (Å²) in [6, 6.07) is 14.8. The van der Waals surface area contributed by atoms with E-state index in [2.05, 4.69) is 12.2 Å². The van der Waals surface area contributed by atoms with Gasteiger partial charge in [-0.3, -0.25) is 0 Å². The van der Waals surface area contributed by atoms with Crippen molar-refractivity contribution in [3.8, 4) is 0 Å². The Hall–Kier alpha value is -3.22. The maximum absolute atomic E-state index is 13.1. The van der Waals surface area contributed by atoms with Crippen molar-refractivity contribution in [1.82, 2.24) is 9.47 Å². The van der Waals surface area contributed by atoms with Crippen molar-refractivity contribution >= 4 is 11.7 Å². The van der Waals surface area contributed by atoms with Crippen LogP contribution in [0.2, 0.25) is 0 Å². The predicted octanol–water partition coefficient (Wildman–Crippen LogP) is 7.01. The molecule has 0 aliphatic heterocycles. The molecule has 2 amide bonds. The lowest BCUT2D eigenvalue weighted by Crippen LogP contribution is -2.36. The molecule has 0 unspecified atom stereocenters. The van der Waals surface area contributed by atoms with Crippen LogP contribution in [0.3, 0.4) is 0 Å². The molecule has 176 valence electrons. The molecule has 0 spiro atoms. The number of benzene rings is 2. The summed E-state index contributed by atoms with van der Waals surface area (Å²) in [5, 5.41) is 3.00. The van der Waals surface area contributed by atoms with Gasteiger partial charge in [-0.15, -0.1) is 0 Å². The molecule has 0 radical (unpaired) electrons. The summed E-state index contributed by atoms with van der Waals surface area (Å²) in [6.07, 6.45) is -0.748. The third-order valence-electron chi connectivity index (χ3n) is 5.58. The molecule has 33 heavy (non-hydrogen) atoms. The molecule has 1 heterocycles. The van der Waals surface area contributed by atoms with Gasteiger partial charge in [0.1, 0.15) is 0 Å². The van der Waals surface area contributed by atoms with E-state index < -0.39 is 11.7 Å². The van der Waals surface area contributed by atoms with Gasteiger partial charge in [0.25, 0.3) is 0 Å². The summed E-state index contributed by atoms with van der Waals surface area (Å²) >= 11 is 0. The Labute approximate surface area is 193 Å². The minimum Gasteiger partial charge on any atom is -0.345 e. The summed E-state index contributed by atoms with van der Waals surface area (Å²) in [4.78, 5) is 14.8. The van der Waals surface area contributed by atoms with E-state index in [-0.39, 0.29) is 6.03 Å². The lowest BCUT2D eigenvalue weighted by atomic mass is 10.1. The molecular formula is C26H30F3N3O. The van der Waals surface area contributed by atoms with Gasteiger partial charge in [-0.05, 0) is 61.7 Å². The van der Waals surface area contributed by atoms with E-state index >= 15 is 0 Å². The van der Waals surface area contributed by atoms with Crippen LogP contribution in [-0.2, 0) is 19.3 Å². The monoisotopic (exact) mass is 457 g/mol. The van der Waals surface area contributed by atoms with Crippen molar-refractivity contribution in [2.75, 3.05) is 11.9 Å². The molecule has 0 aliphatic rings. The lowest BCUT2D eigenvalue weighted by Gasteiger charge is -2.24. The van der Waals surface area contributed by atoms with E-state index in [4.69, 9.17) is 0 Å². The molecular weight excluding hydrogens is 427 g/mol. The fourth-order valence-corrected chi connectivity index (χ4v) is 3.73. The fourth-order valence-electron chi connectivity index (χ4n) is 3.73. The van der Waals surface area contributed by atoms with Gasteiger partial charge >= 0.3 is 12.2 Å². The zero-order chi connectivity index (χ0) is 24.0.